The number of carbonyl (C=O) groups excluding carboxylic acids is 1. The van der Waals surface area contributed by atoms with E-state index in [9.17, 15) is 9.90 Å². The average molecular weight is 288 g/mol. The summed E-state index contributed by atoms with van der Waals surface area (Å²) in [5.74, 6) is -1.07. The number of benzene rings is 1. The van der Waals surface area contributed by atoms with E-state index in [0.29, 0.717) is 6.54 Å². The molecular weight excluding hydrogens is 270 g/mol. The van der Waals surface area contributed by atoms with E-state index in [-0.39, 0.29) is 18.8 Å². The highest BCUT2D eigenvalue weighted by atomic mass is 16.5. The van der Waals surface area contributed by atoms with Crippen molar-refractivity contribution in [3.63, 3.8) is 0 Å². The van der Waals surface area contributed by atoms with Crippen LogP contribution in [0.15, 0.2) is 35.7 Å². The van der Waals surface area contributed by atoms with Crippen LogP contribution in [0.2, 0.25) is 0 Å². The van der Waals surface area contributed by atoms with Gasteiger partial charge in [0, 0.05) is 26.1 Å². The second-order valence-electron chi connectivity index (χ2n) is 4.85. The van der Waals surface area contributed by atoms with Gasteiger partial charge in [0.15, 0.2) is 10.7 Å². The molecule has 6 heteroatoms. The van der Waals surface area contributed by atoms with E-state index in [4.69, 9.17) is 10.1 Å². The molecule has 1 aliphatic heterocycles. The fourth-order valence-corrected chi connectivity index (χ4v) is 2.36. The number of nitrogens with zero attached hydrogens (tertiary/aromatic N) is 3. The van der Waals surface area contributed by atoms with Crippen molar-refractivity contribution in [1.29, 1.82) is 5.39 Å². The molecule has 0 aliphatic carbocycles. The molecule has 1 heterocycles. The van der Waals surface area contributed by atoms with Crippen LogP contribution < -0.4 is 0 Å². The van der Waals surface area contributed by atoms with Gasteiger partial charge in [-0.15, -0.1) is 0 Å². The van der Waals surface area contributed by atoms with Crippen molar-refractivity contribution < 1.29 is 14.6 Å². The van der Waals surface area contributed by atoms with Crippen molar-refractivity contribution in [1.82, 2.24) is 4.90 Å². The summed E-state index contributed by atoms with van der Waals surface area (Å²) in [7, 11) is 0. The highest BCUT2D eigenvalue weighted by Gasteiger charge is 2.30. The Morgan fingerprint density at radius 2 is 2.00 bits per heavy atom. The molecule has 0 spiro atoms. The third-order valence-corrected chi connectivity index (χ3v) is 3.41. The van der Waals surface area contributed by atoms with Crippen LogP contribution in [0.25, 0.3) is 4.98 Å². The second-order valence-corrected chi connectivity index (χ2v) is 4.85. The molecule has 0 saturated carbocycles. The lowest BCUT2D eigenvalue weighted by Gasteiger charge is -2.13. The summed E-state index contributed by atoms with van der Waals surface area (Å²) in [6.07, 6.45) is 0.228. The van der Waals surface area contributed by atoms with E-state index in [1.165, 1.54) is 11.1 Å². The number of fused-ring (bicyclic) bond motifs is 1. The Kier molecular flexibility index (Phi) is 4.90. The Morgan fingerprint density at radius 1 is 1.38 bits per heavy atom. The molecule has 1 aromatic carbocycles. The predicted octanol–water partition coefficient (Wildman–Crippen LogP) is 2.58. The van der Waals surface area contributed by atoms with E-state index in [1.54, 1.807) is 6.92 Å². The number of aliphatic hydroxyl groups excluding tert-OH is 1. The van der Waals surface area contributed by atoms with Crippen LogP contribution in [0.3, 0.4) is 0 Å². The van der Waals surface area contributed by atoms with Crippen molar-refractivity contribution in [3.05, 3.63) is 51.8 Å². The standard InChI is InChI=1S/C15H17N3O3/c1-2-21-15(20)14(17-16)13(19)7-8-18-9-11-5-3-4-6-12(11)10-18/h3-6H,2,7-10H2,1H3/p+1. The first-order valence-corrected chi connectivity index (χ1v) is 6.89. The number of carbonyl (C=O) groups is 1. The molecule has 0 saturated heterocycles. The van der Waals surface area contributed by atoms with Crippen LogP contribution in [0.1, 0.15) is 24.5 Å². The van der Waals surface area contributed by atoms with Gasteiger partial charge in [-0.2, -0.15) is 0 Å². The van der Waals surface area contributed by atoms with Gasteiger partial charge in [-0.05, 0) is 18.1 Å². The Morgan fingerprint density at radius 3 is 2.52 bits per heavy atom. The maximum atomic E-state index is 11.5. The van der Waals surface area contributed by atoms with Crippen LogP contribution in [-0.4, -0.2) is 29.1 Å². The van der Waals surface area contributed by atoms with Crippen LogP contribution in [0.5, 0.6) is 0 Å². The fourth-order valence-electron chi connectivity index (χ4n) is 2.36. The smallest absolute Gasteiger partial charge is 0.505 e. The summed E-state index contributed by atoms with van der Waals surface area (Å²) in [6.45, 7) is 4.00. The third kappa shape index (κ3) is 3.58. The van der Waals surface area contributed by atoms with Crippen molar-refractivity contribution in [2.45, 2.75) is 26.4 Å². The maximum absolute atomic E-state index is 11.5. The van der Waals surface area contributed by atoms with Gasteiger partial charge < -0.3 is 9.84 Å². The molecular formula is C15H18N3O3+. The zero-order valence-corrected chi connectivity index (χ0v) is 12.0. The normalized spacial score (nSPS) is 15.0. The SMILES string of the molecule is CCOC(=O)/C([N+]#N)=C(\O)CCN1Cc2ccccc2C1. The summed E-state index contributed by atoms with van der Waals surface area (Å²) >= 11 is 0. The van der Waals surface area contributed by atoms with Crippen LogP contribution in [0.4, 0.5) is 0 Å². The van der Waals surface area contributed by atoms with Crippen molar-refractivity contribution >= 4 is 5.97 Å². The minimum Gasteiger partial charge on any atom is -0.505 e. The topological polar surface area (TPSA) is 77.9 Å². The minimum atomic E-state index is -0.817. The highest BCUT2D eigenvalue weighted by Crippen LogP contribution is 2.23. The Hall–Kier alpha value is -2.39. The third-order valence-electron chi connectivity index (χ3n) is 3.41. The number of hydrogen-bond donors (Lipinski definition) is 1. The zero-order valence-electron chi connectivity index (χ0n) is 12.0. The van der Waals surface area contributed by atoms with Gasteiger partial charge >= 0.3 is 11.7 Å². The van der Waals surface area contributed by atoms with Crippen LogP contribution in [0, 0.1) is 5.39 Å². The molecule has 0 atom stereocenters. The van der Waals surface area contributed by atoms with Gasteiger partial charge in [-0.3, -0.25) is 4.90 Å². The first-order chi connectivity index (χ1) is 10.2. The first kappa shape index (κ1) is 15.0. The quantitative estimate of drug-likeness (QED) is 0.390. The van der Waals surface area contributed by atoms with Crippen molar-refractivity contribution in [2.75, 3.05) is 13.2 Å². The number of rotatable bonds is 5. The molecule has 2 rings (SSSR count). The number of hydrogen-bond acceptors (Lipinski definition) is 5. The summed E-state index contributed by atoms with van der Waals surface area (Å²) < 4.78 is 4.71. The molecule has 0 unspecified atom stereocenters. The molecule has 0 aromatic heterocycles. The molecule has 1 N–H and O–H groups in total. The number of ether oxygens (including phenoxy) is 1. The van der Waals surface area contributed by atoms with Gasteiger partial charge in [-0.25, -0.2) is 4.79 Å². The second kappa shape index (κ2) is 6.86. The molecule has 6 nitrogen and oxygen atoms in total. The first-order valence-electron chi connectivity index (χ1n) is 6.89. The molecule has 1 aliphatic rings. The lowest BCUT2D eigenvalue weighted by molar-refractivity contribution is -0.138. The Balaban J connectivity index is 1.94. The molecule has 1 aromatic rings. The fraction of sp³-hybridized carbons (Fsp3) is 0.400. The molecule has 21 heavy (non-hydrogen) atoms. The Labute approximate surface area is 123 Å². The van der Waals surface area contributed by atoms with Gasteiger partial charge in [0.1, 0.15) is 0 Å². The van der Waals surface area contributed by atoms with Gasteiger partial charge in [0.25, 0.3) is 0 Å². The summed E-state index contributed by atoms with van der Waals surface area (Å²) in [5, 5.41) is 18.7. The number of esters is 1. The van der Waals surface area contributed by atoms with Gasteiger partial charge in [0.2, 0.25) is 5.39 Å². The van der Waals surface area contributed by atoms with E-state index >= 15 is 0 Å². The molecule has 0 bridgehead atoms. The van der Waals surface area contributed by atoms with Crippen molar-refractivity contribution in [2.24, 2.45) is 0 Å². The lowest BCUT2D eigenvalue weighted by atomic mass is 10.1. The zero-order chi connectivity index (χ0) is 15.2. The number of aliphatic hydroxyl groups is 1. The predicted molar refractivity (Wildman–Crippen MR) is 76.5 cm³/mol. The lowest BCUT2D eigenvalue weighted by Crippen LogP contribution is -2.19. The molecule has 0 radical (unpaired) electrons. The maximum Gasteiger partial charge on any atom is 0.505 e. The van der Waals surface area contributed by atoms with Crippen LogP contribution in [-0.2, 0) is 22.6 Å². The van der Waals surface area contributed by atoms with E-state index in [2.05, 4.69) is 22.0 Å². The highest BCUT2D eigenvalue weighted by molar-refractivity contribution is 5.90. The molecule has 0 amide bonds. The van der Waals surface area contributed by atoms with E-state index in [1.807, 2.05) is 12.1 Å². The summed E-state index contributed by atoms with van der Waals surface area (Å²) in [5.41, 5.74) is 2.13. The van der Waals surface area contributed by atoms with Gasteiger partial charge in [0.05, 0.1) is 6.61 Å². The van der Waals surface area contributed by atoms with Crippen LogP contribution >= 0.6 is 0 Å². The molecule has 0 fully saturated rings. The van der Waals surface area contributed by atoms with Crippen molar-refractivity contribution in [3.8, 4) is 0 Å². The largest absolute Gasteiger partial charge is 0.505 e. The minimum absolute atomic E-state index is 0.159. The number of diazo groups is 1. The van der Waals surface area contributed by atoms with Gasteiger partial charge in [-0.1, -0.05) is 24.3 Å². The monoisotopic (exact) mass is 288 g/mol. The summed E-state index contributed by atoms with van der Waals surface area (Å²) in [4.78, 5) is 16.5. The van der Waals surface area contributed by atoms with E-state index in [0.717, 1.165) is 13.1 Å². The Bertz CT molecular complexity index is 579. The summed E-state index contributed by atoms with van der Waals surface area (Å²) in [6, 6.07) is 8.17. The average Bonchev–Trinajstić information content (AvgIpc) is 2.89. The van der Waals surface area contributed by atoms with E-state index < -0.39 is 11.7 Å². The molecule has 110 valence electrons.